The number of hydrogen-bond donors (Lipinski definition) is 0. The Morgan fingerprint density at radius 2 is 1.93 bits per heavy atom. The van der Waals surface area contributed by atoms with Gasteiger partial charge in [0.15, 0.2) is 0 Å². The van der Waals surface area contributed by atoms with E-state index in [0.29, 0.717) is 6.04 Å². The van der Waals surface area contributed by atoms with Gasteiger partial charge in [-0.1, -0.05) is 12.8 Å². The second kappa shape index (κ2) is 3.51. The zero-order chi connectivity index (χ0) is 11.1. The Kier molecular flexibility index (Phi) is 2.44. The maximum Gasteiger partial charge on any atom is 0.346 e. The van der Waals surface area contributed by atoms with Crippen LogP contribution in [0.4, 0.5) is 0 Å². The first-order valence-corrected chi connectivity index (χ1v) is 5.67. The van der Waals surface area contributed by atoms with E-state index in [1.54, 1.807) is 15.6 Å². The third-order valence-corrected chi connectivity index (χ3v) is 3.05. The van der Waals surface area contributed by atoms with Crippen molar-refractivity contribution in [3.05, 3.63) is 16.8 Å². The maximum atomic E-state index is 12.1. The molecule has 0 bridgehead atoms. The maximum absolute atomic E-state index is 12.1. The highest BCUT2D eigenvalue weighted by atomic mass is 16.2. The first kappa shape index (κ1) is 10.5. The van der Waals surface area contributed by atoms with Crippen LogP contribution in [0.15, 0.2) is 11.1 Å². The van der Waals surface area contributed by atoms with Crippen molar-refractivity contribution in [1.29, 1.82) is 0 Å². The number of aromatic nitrogens is 3. The molecule has 0 amide bonds. The third kappa shape index (κ3) is 1.85. The van der Waals surface area contributed by atoms with Gasteiger partial charge >= 0.3 is 5.69 Å². The van der Waals surface area contributed by atoms with E-state index in [4.69, 9.17) is 0 Å². The fourth-order valence-corrected chi connectivity index (χ4v) is 2.21. The Morgan fingerprint density at radius 1 is 1.33 bits per heavy atom. The fourth-order valence-electron chi connectivity index (χ4n) is 2.21. The lowest BCUT2D eigenvalue weighted by Crippen LogP contribution is -2.36. The van der Waals surface area contributed by atoms with Crippen LogP contribution in [0.1, 0.15) is 52.5 Å². The topological polar surface area (TPSA) is 39.8 Å². The number of rotatable bonds is 1. The second-order valence-electron chi connectivity index (χ2n) is 5.34. The molecule has 2 rings (SSSR count). The first-order valence-electron chi connectivity index (χ1n) is 5.67. The van der Waals surface area contributed by atoms with Crippen molar-refractivity contribution in [2.75, 3.05) is 0 Å². The summed E-state index contributed by atoms with van der Waals surface area (Å²) < 4.78 is 3.38. The normalized spacial score (nSPS) is 18.6. The largest absolute Gasteiger partial charge is 0.346 e. The van der Waals surface area contributed by atoms with Gasteiger partial charge in [-0.2, -0.15) is 5.10 Å². The van der Waals surface area contributed by atoms with E-state index >= 15 is 0 Å². The summed E-state index contributed by atoms with van der Waals surface area (Å²) in [6.07, 6.45) is 6.41. The minimum atomic E-state index is -0.221. The molecule has 1 aromatic rings. The fraction of sp³-hybridized carbons (Fsp3) is 0.818. The quantitative estimate of drug-likeness (QED) is 0.709. The molecule has 1 heterocycles. The van der Waals surface area contributed by atoms with Crippen molar-refractivity contribution >= 4 is 0 Å². The first-order chi connectivity index (χ1) is 7.00. The molecular formula is C11H19N3O. The molecule has 15 heavy (non-hydrogen) atoms. The molecule has 1 aliphatic carbocycles. The molecule has 0 N–H and O–H groups in total. The molecule has 1 aliphatic rings. The Balaban J connectivity index is 2.35. The van der Waals surface area contributed by atoms with E-state index in [2.05, 4.69) is 5.10 Å². The van der Waals surface area contributed by atoms with Crippen molar-refractivity contribution in [2.24, 2.45) is 0 Å². The van der Waals surface area contributed by atoms with Crippen molar-refractivity contribution < 1.29 is 0 Å². The van der Waals surface area contributed by atoms with Crippen LogP contribution in [0, 0.1) is 0 Å². The van der Waals surface area contributed by atoms with Crippen molar-refractivity contribution in [3.8, 4) is 0 Å². The van der Waals surface area contributed by atoms with E-state index in [1.165, 1.54) is 12.8 Å². The monoisotopic (exact) mass is 209 g/mol. The van der Waals surface area contributed by atoms with Gasteiger partial charge < -0.3 is 0 Å². The smallest absolute Gasteiger partial charge is 0.278 e. The van der Waals surface area contributed by atoms with Gasteiger partial charge in [-0.15, -0.1) is 0 Å². The molecule has 0 spiro atoms. The van der Waals surface area contributed by atoms with E-state index < -0.39 is 0 Å². The SMILES string of the molecule is CC(C)(C)n1ncn(C2CCCC2)c1=O. The van der Waals surface area contributed by atoms with Crippen molar-refractivity contribution in [1.82, 2.24) is 14.3 Å². The standard InChI is InChI=1S/C11H19N3O/c1-11(2,3)14-10(15)13(8-12-14)9-6-4-5-7-9/h8-9H,4-7H2,1-3H3. The summed E-state index contributed by atoms with van der Waals surface area (Å²) in [5.41, 5.74) is -0.185. The molecule has 0 saturated heterocycles. The molecular weight excluding hydrogens is 190 g/mol. The average Bonchev–Trinajstić information content (AvgIpc) is 2.69. The molecule has 0 aliphatic heterocycles. The molecule has 0 radical (unpaired) electrons. The highest BCUT2D eigenvalue weighted by molar-refractivity contribution is 4.83. The predicted octanol–water partition coefficient (Wildman–Crippen LogP) is 1.91. The highest BCUT2D eigenvalue weighted by Gasteiger charge is 2.23. The van der Waals surface area contributed by atoms with E-state index in [0.717, 1.165) is 12.8 Å². The molecule has 1 fully saturated rings. The van der Waals surface area contributed by atoms with Crippen molar-refractivity contribution in [2.45, 2.75) is 58.0 Å². The summed E-state index contributed by atoms with van der Waals surface area (Å²) in [7, 11) is 0. The van der Waals surface area contributed by atoms with Crippen LogP contribution >= 0.6 is 0 Å². The summed E-state index contributed by atoms with van der Waals surface area (Å²) in [5.74, 6) is 0. The van der Waals surface area contributed by atoms with Crippen LogP contribution < -0.4 is 5.69 Å². The van der Waals surface area contributed by atoms with Crippen LogP contribution in [0.3, 0.4) is 0 Å². The van der Waals surface area contributed by atoms with Gasteiger partial charge in [-0.25, -0.2) is 9.48 Å². The summed E-state index contributed by atoms with van der Waals surface area (Å²) in [4.78, 5) is 12.1. The molecule has 1 saturated carbocycles. The molecule has 4 nitrogen and oxygen atoms in total. The van der Waals surface area contributed by atoms with Crippen LogP contribution in [-0.4, -0.2) is 14.3 Å². The molecule has 0 atom stereocenters. The minimum absolute atomic E-state index is 0.0365. The lowest BCUT2D eigenvalue weighted by molar-refractivity contribution is 0.336. The van der Waals surface area contributed by atoms with Crippen molar-refractivity contribution in [3.63, 3.8) is 0 Å². The van der Waals surface area contributed by atoms with Crippen LogP contribution in [0.25, 0.3) is 0 Å². The Labute approximate surface area is 89.9 Å². The van der Waals surface area contributed by atoms with Gasteiger partial charge in [0.25, 0.3) is 0 Å². The summed E-state index contributed by atoms with van der Waals surface area (Å²) in [6, 6.07) is 0.383. The lowest BCUT2D eigenvalue weighted by atomic mass is 10.1. The van der Waals surface area contributed by atoms with Gasteiger partial charge in [0.1, 0.15) is 6.33 Å². The highest BCUT2D eigenvalue weighted by Crippen LogP contribution is 2.28. The summed E-state index contributed by atoms with van der Waals surface area (Å²) >= 11 is 0. The van der Waals surface area contributed by atoms with Gasteiger partial charge in [0, 0.05) is 6.04 Å². The van der Waals surface area contributed by atoms with Gasteiger partial charge in [-0.3, -0.25) is 4.57 Å². The summed E-state index contributed by atoms with van der Waals surface area (Å²) in [6.45, 7) is 6.00. The third-order valence-electron chi connectivity index (χ3n) is 3.05. The van der Waals surface area contributed by atoms with Gasteiger partial charge in [-0.05, 0) is 33.6 Å². The molecule has 0 unspecified atom stereocenters. The van der Waals surface area contributed by atoms with Crippen LogP contribution in [-0.2, 0) is 5.54 Å². The lowest BCUT2D eigenvalue weighted by Gasteiger charge is -2.17. The molecule has 4 heteroatoms. The average molecular weight is 209 g/mol. The summed E-state index contributed by atoms with van der Waals surface area (Å²) in [5, 5.41) is 4.20. The zero-order valence-corrected chi connectivity index (χ0v) is 9.73. The molecule has 0 aromatic carbocycles. The Hall–Kier alpha value is -1.06. The zero-order valence-electron chi connectivity index (χ0n) is 9.73. The van der Waals surface area contributed by atoms with Gasteiger partial charge in [0.05, 0.1) is 5.54 Å². The van der Waals surface area contributed by atoms with Gasteiger partial charge in [0.2, 0.25) is 0 Å². The number of hydrogen-bond acceptors (Lipinski definition) is 2. The number of nitrogens with zero attached hydrogens (tertiary/aromatic N) is 3. The van der Waals surface area contributed by atoms with E-state index in [9.17, 15) is 4.79 Å². The predicted molar refractivity (Wildman–Crippen MR) is 59.0 cm³/mol. The molecule has 84 valence electrons. The van der Waals surface area contributed by atoms with Crippen LogP contribution in [0.5, 0.6) is 0 Å². The van der Waals surface area contributed by atoms with E-state index in [-0.39, 0.29) is 11.2 Å². The van der Waals surface area contributed by atoms with E-state index in [1.807, 2.05) is 20.8 Å². The Morgan fingerprint density at radius 3 is 2.40 bits per heavy atom. The second-order valence-corrected chi connectivity index (χ2v) is 5.34. The molecule has 1 aromatic heterocycles. The van der Waals surface area contributed by atoms with Crippen LogP contribution in [0.2, 0.25) is 0 Å². The Bertz CT molecular complexity index is 391. The minimum Gasteiger partial charge on any atom is -0.278 e.